The van der Waals surface area contributed by atoms with Crippen molar-refractivity contribution < 1.29 is 22.6 Å². The number of alkyl halides is 3. The molecule has 1 aromatic rings. The molecule has 0 bridgehead atoms. The summed E-state index contributed by atoms with van der Waals surface area (Å²) in [6.45, 7) is 2.19. The highest BCUT2D eigenvalue weighted by Gasteiger charge is 2.40. The van der Waals surface area contributed by atoms with Gasteiger partial charge in [0.1, 0.15) is 0 Å². The maximum Gasteiger partial charge on any atom is 0.417 e. The molecule has 0 unspecified atom stereocenters. The Balaban J connectivity index is 1.90. The Morgan fingerprint density at radius 1 is 1.04 bits per heavy atom. The van der Waals surface area contributed by atoms with Crippen LogP contribution >= 0.6 is 0 Å². The summed E-state index contributed by atoms with van der Waals surface area (Å²) in [5, 5.41) is 0. The Labute approximate surface area is 133 Å². The number of halogens is 3. The fourth-order valence-electron chi connectivity index (χ4n) is 2.95. The van der Waals surface area contributed by atoms with Crippen molar-refractivity contribution in [3.8, 4) is 11.5 Å². The molecule has 5 heteroatoms. The van der Waals surface area contributed by atoms with Crippen molar-refractivity contribution in [2.45, 2.75) is 45.2 Å². The molecule has 0 radical (unpaired) electrons. The molecule has 0 amide bonds. The lowest BCUT2D eigenvalue weighted by Gasteiger charge is -2.10. The van der Waals surface area contributed by atoms with E-state index in [1.54, 1.807) is 6.07 Å². The van der Waals surface area contributed by atoms with Crippen LogP contribution in [0.15, 0.2) is 24.3 Å². The van der Waals surface area contributed by atoms with Crippen molar-refractivity contribution >= 4 is 11.1 Å². The molecule has 3 rings (SSSR count). The third-order valence-electron chi connectivity index (χ3n) is 4.14. The zero-order valence-electron chi connectivity index (χ0n) is 13.0. The van der Waals surface area contributed by atoms with Gasteiger partial charge in [0.25, 0.3) is 0 Å². The van der Waals surface area contributed by atoms with E-state index in [2.05, 4.69) is 6.92 Å². The third-order valence-corrected chi connectivity index (χ3v) is 4.14. The first-order valence-electron chi connectivity index (χ1n) is 7.94. The summed E-state index contributed by atoms with van der Waals surface area (Å²) in [7, 11) is 0. The Morgan fingerprint density at radius 3 is 2.39 bits per heavy atom. The molecule has 1 aromatic carbocycles. The van der Waals surface area contributed by atoms with Crippen molar-refractivity contribution in [2.24, 2.45) is 0 Å². The van der Waals surface area contributed by atoms with E-state index in [-0.39, 0.29) is 12.4 Å². The van der Waals surface area contributed by atoms with Crippen LogP contribution in [0.25, 0.3) is 11.1 Å². The van der Waals surface area contributed by atoms with Gasteiger partial charge < -0.3 is 9.47 Å². The van der Waals surface area contributed by atoms with E-state index in [1.165, 1.54) is 12.1 Å². The van der Waals surface area contributed by atoms with Crippen molar-refractivity contribution in [1.29, 1.82) is 0 Å². The average Bonchev–Trinajstić information content (AvgIpc) is 3.08. The van der Waals surface area contributed by atoms with Crippen molar-refractivity contribution in [2.75, 3.05) is 6.79 Å². The largest absolute Gasteiger partial charge is 0.454 e. The molecule has 0 spiro atoms. The molecular formula is C18H19F3O2. The molecule has 0 saturated heterocycles. The van der Waals surface area contributed by atoms with Crippen LogP contribution in [-0.2, 0) is 0 Å². The highest BCUT2D eigenvalue weighted by atomic mass is 19.4. The highest BCUT2D eigenvalue weighted by molar-refractivity contribution is 5.98. The molecular weight excluding hydrogens is 305 g/mol. The molecule has 23 heavy (non-hydrogen) atoms. The minimum atomic E-state index is -4.37. The van der Waals surface area contributed by atoms with Crippen LogP contribution in [0.4, 0.5) is 13.2 Å². The van der Waals surface area contributed by atoms with Crippen LogP contribution in [0, 0.1) is 0 Å². The first kappa shape index (κ1) is 16.0. The fraction of sp³-hybridized carbons (Fsp3) is 0.444. The van der Waals surface area contributed by atoms with Gasteiger partial charge in [-0.05, 0) is 47.8 Å². The first-order chi connectivity index (χ1) is 11.0. The molecule has 0 fully saturated rings. The Morgan fingerprint density at radius 2 is 1.74 bits per heavy atom. The maximum absolute atomic E-state index is 13.3. The second kappa shape index (κ2) is 6.30. The molecule has 1 aliphatic carbocycles. The molecule has 0 atom stereocenters. The van der Waals surface area contributed by atoms with Crippen LogP contribution in [0.3, 0.4) is 0 Å². The quantitative estimate of drug-likeness (QED) is 0.644. The van der Waals surface area contributed by atoms with Crippen molar-refractivity contribution in [1.82, 2.24) is 0 Å². The summed E-state index contributed by atoms with van der Waals surface area (Å²) in [6.07, 6.45) is 3.93. The molecule has 1 aliphatic heterocycles. The number of ether oxygens (including phenoxy) is 2. The Bertz CT molecular complexity index is 657. The van der Waals surface area contributed by atoms with E-state index in [0.717, 1.165) is 32.1 Å². The van der Waals surface area contributed by atoms with E-state index in [1.807, 2.05) is 6.08 Å². The van der Waals surface area contributed by atoms with Crippen LogP contribution in [0.5, 0.6) is 11.5 Å². The standard InChI is InChI=1S/C18H19F3O2/c1-2-3-4-5-6-7-12-8-15(18(19,20)21)14-10-17-16(9-13(12)14)22-11-23-17/h7-10H,2-6,11H2,1H3/b12-7+. The lowest BCUT2D eigenvalue weighted by molar-refractivity contribution is -0.0687. The molecule has 0 saturated carbocycles. The van der Waals surface area contributed by atoms with E-state index in [4.69, 9.17) is 9.47 Å². The number of unbranched alkanes of at least 4 members (excludes halogenated alkanes) is 4. The summed E-state index contributed by atoms with van der Waals surface area (Å²) in [5.74, 6) is 0.889. The Hall–Kier alpha value is -1.91. The SMILES string of the molecule is CCCCCC/C=C1\C=C(C(F)(F)F)c2cc3c(cc21)OCO3. The zero-order chi connectivity index (χ0) is 16.4. The van der Waals surface area contributed by atoms with Crippen LogP contribution in [0.1, 0.15) is 50.2 Å². The molecule has 1 heterocycles. The van der Waals surface area contributed by atoms with Gasteiger partial charge in [-0.15, -0.1) is 0 Å². The number of benzene rings is 1. The summed E-state index contributed by atoms with van der Waals surface area (Å²) < 4.78 is 50.4. The van der Waals surface area contributed by atoms with Gasteiger partial charge in [0.2, 0.25) is 6.79 Å². The summed E-state index contributed by atoms with van der Waals surface area (Å²) in [5.41, 5.74) is 0.784. The molecule has 2 aliphatic rings. The van der Waals surface area contributed by atoms with Gasteiger partial charge in [0.15, 0.2) is 11.5 Å². The zero-order valence-corrected chi connectivity index (χ0v) is 13.0. The maximum atomic E-state index is 13.3. The fourth-order valence-corrected chi connectivity index (χ4v) is 2.95. The molecule has 2 nitrogen and oxygen atoms in total. The molecule has 0 N–H and O–H groups in total. The van der Waals surface area contributed by atoms with Gasteiger partial charge in [-0.2, -0.15) is 13.2 Å². The normalized spacial score (nSPS) is 17.6. The number of hydrogen-bond donors (Lipinski definition) is 0. The first-order valence-corrected chi connectivity index (χ1v) is 7.94. The smallest absolute Gasteiger partial charge is 0.417 e. The number of hydrogen-bond acceptors (Lipinski definition) is 2. The molecule has 0 aromatic heterocycles. The Kier molecular flexibility index (Phi) is 4.37. The van der Waals surface area contributed by atoms with Gasteiger partial charge in [-0.3, -0.25) is 0 Å². The monoisotopic (exact) mass is 324 g/mol. The lowest BCUT2D eigenvalue weighted by Crippen LogP contribution is -2.09. The van der Waals surface area contributed by atoms with Gasteiger partial charge in [0, 0.05) is 0 Å². The van der Waals surface area contributed by atoms with Gasteiger partial charge in [-0.25, -0.2) is 0 Å². The second-order valence-electron chi connectivity index (χ2n) is 5.82. The van der Waals surface area contributed by atoms with Crippen LogP contribution in [0.2, 0.25) is 0 Å². The topological polar surface area (TPSA) is 18.5 Å². The van der Waals surface area contributed by atoms with Gasteiger partial charge in [0.05, 0.1) is 5.57 Å². The van der Waals surface area contributed by atoms with E-state index in [0.29, 0.717) is 22.6 Å². The van der Waals surface area contributed by atoms with Crippen LogP contribution in [-0.4, -0.2) is 13.0 Å². The summed E-state index contributed by atoms with van der Waals surface area (Å²) >= 11 is 0. The molecule has 124 valence electrons. The van der Waals surface area contributed by atoms with Gasteiger partial charge >= 0.3 is 6.18 Å². The number of rotatable bonds is 5. The second-order valence-corrected chi connectivity index (χ2v) is 5.82. The number of fused-ring (bicyclic) bond motifs is 2. The van der Waals surface area contributed by atoms with E-state index < -0.39 is 11.7 Å². The minimum absolute atomic E-state index is 0.0549. The van der Waals surface area contributed by atoms with Crippen molar-refractivity contribution in [3.05, 3.63) is 35.4 Å². The third kappa shape index (κ3) is 3.23. The van der Waals surface area contributed by atoms with Crippen molar-refractivity contribution in [3.63, 3.8) is 0 Å². The number of allylic oxidation sites excluding steroid dienone is 4. The van der Waals surface area contributed by atoms with Gasteiger partial charge in [-0.1, -0.05) is 32.3 Å². The highest BCUT2D eigenvalue weighted by Crippen LogP contribution is 2.48. The summed E-state index contributed by atoms with van der Waals surface area (Å²) in [4.78, 5) is 0. The predicted octanol–water partition coefficient (Wildman–Crippen LogP) is 5.73. The minimum Gasteiger partial charge on any atom is -0.454 e. The predicted molar refractivity (Wildman–Crippen MR) is 83.3 cm³/mol. The summed E-state index contributed by atoms with van der Waals surface area (Å²) in [6, 6.07) is 3.10. The average molecular weight is 324 g/mol. The van der Waals surface area contributed by atoms with E-state index >= 15 is 0 Å². The van der Waals surface area contributed by atoms with E-state index in [9.17, 15) is 13.2 Å². The lowest BCUT2D eigenvalue weighted by atomic mass is 10.0. The van der Waals surface area contributed by atoms with Crippen LogP contribution < -0.4 is 9.47 Å².